The second kappa shape index (κ2) is 4.52. The quantitative estimate of drug-likeness (QED) is 0.880. The lowest BCUT2D eigenvalue weighted by molar-refractivity contribution is 0.349. The average molecular weight is 255 g/mol. The fourth-order valence-electron chi connectivity index (χ4n) is 3.43. The van der Waals surface area contributed by atoms with E-state index in [1.54, 1.807) is 0 Å². The highest BCUT2D eigenvalue weighted by atomic mass is 15.0. The van der Waals surface area contributed by atoms with Gasteiger partial charge in [-0.1, -0.05) is 20.3 Å². The second-order valence-corrected chi connectivity index (χ2v) is 6.53. The van der Waals surface area contributed by atoms with Gasteiger partial charge < -0.3 is 5.32 Å². The zero-order chi connectivity index (χ0) is 13.5. The minimum atomic E-state index is 0.299. The summed E-state index contributed by atoms with van der Waals surface area (Å²) >= 11 is 0. The van der Waals surface area contributed by atoms with E-state index < -0.39 is 0 Å². The first-order valence-corrected chi connectivity index (χ1v) is 7.29. The fraction of sp³-hybridized carbons (Fsp3) is 0.625. The number of aromatic nitrogens is 1. The smallest absolute Gasteiger partial charge is 0.144 e. The molecule has 0 amide bonds. The number of aryl methyl sites for hydroxylation is 2. The molecule has 1 fully saturated rings. The first kappa shape index (κ1) is 12.5. The molecule has 1 saturated carbocycles. The second-order valence-electron chi connectivity index (χ2n) is 6.53. The van der Waals surface area contributed by atoms with Crippen LogP contribution in [0.3, 0.4) is 0 Å². The van der Waals surface area contributed by atoms with Crippen LogP contribution >= 0.6 is 0 Å². The average Bonchev–Trinajstić information content (AvgIpc) is 2.95. The van der Waals surface area contributed by atoms with Crippen molar-refractivity contribution in [1.29, 1.82) is 5.26 Å². The van der Waals surface area contributed by atoms with Gasteiger partial charge in [0.2, 0.25) is 0 Å². The first-order chi connectivity index (χ1) is 9.10. The highest BCUT2D eigenvalue weighted by Crippen LogP contribution is 2.39. The summed E-state index contributed by atoms with van der Waals surface area (Å²) in [5.41, 5.74) is 3.47. The Balaban J connectivity index is 1.91. The third-order valence-corrected chi connectivity index (χ3v) is 4.74. The summed E-state index contributed by atoms with van der Waals surface area (Å²) in [4.78, 5) is 4.72. The SMILES string of the molecule is CC1(C)CCCC1Nc1nc2c(cc1C#N)CCC2. The van der Waals surface area contributed by atoms with Gasteiger partial charge in [0.15, 0.2) is 0 Å². The van der Waals surface area contributed by atoms with Crippen LogP contribution in [0.2, 0.25) is 0 Å². The molecule has 0 aromatic carbocycles. The van der Waals surface area contributed by atoms with Gasteiger partial charge >= 0.3 is 0 Å². The van der Waals surface area contributed by atoms with Gasteiger partial charge in [-0.05, 0) is 49.1 Å². The Morgan fingerprint density at radius 1 is 1.37 bits per heavy atom. The maximum absolute atomic E-state index is 9.32. The van der Waals surface area contributed by atoms with Crippen molar-refractivity contribution in [3.63, 3.8) is 0 Å². The van der Waals surface area contributed by atoms with Crippen LogP contribution in [0.25, 0.3) is 0 Å². The van der Waals surface area contributed by atoms with E-state index in [0.29, 0.717) is 17.0 Å². The van der Waals surface area contributed by atoms with E-state index >= 15 is 0 Å². The van der Waals surface area contributed by atoms with Gasteiger partial charge in [0, 0.05) is 11.7 Å². The van der Waals surface area contributed by atoms with Gasteiger partial charge in [-0.25, -0.2) is 4.98 Å². The number of fused-ring (bicyclic) bond motifs is 1. The third kappa shape index (κ3) is 2.20. The lowest BCUT2D eigenvalue weighted by Crippen LogP contribution is -2.31. The Morgan fingerprint density at radius 2 is 2.21 bits per heavy atom. The van der Waals surface area contributed by atoms with Crippen LogP contribution in [-0.4, -0.2) is 11.0 Å². The summed E-state index contributed by atoms with van der Waals surface area (Å²) in [6.07, 6.45) is 6.99. The number of rotatable bonds is 2. The number of anilines is 1. The van der Waals surface area contributed by atoms with E-state index in [-0.39, 0.29) is 0 Å². The summed E-state index contributed by atoms with van der Waals surface area (Å²) in [5, 5.41) is 12.9. The predicted octanol–water partition coefficient (Wildman–Crippen LogP) is 3.43. The fourth-order valence-corrected chi connectivity index (χ4v) is 3.43. The normalized spacial score (nSPS) is 23.9. The van der Waals surface area contributed by atoms with Gasteiger partial charge in [0.25, 0.3) is 0 Å². The van der Waals surface area contributed by atoms with Crippen molar-refractivity contribution in [2.24, 2.45) is 5.41 Å². The third-order valence-electron chi connectivity index (χ3n) is 4.74. The Hall–Kier alpha value is -1.56. The molecule has 0 bridgehead atoms. The molecule has 1 aromatic rings. The van der Waals surface area contributed by atoms with Crippen LogP contribution < -0.4 is 5.32 Å². The molecule has 1 unspecified atom stereocenters. The van der Waals surface area contributed by atoms with Gasteiger partial charge in [-0.3, -0.25) is 0 Å². The van der Waals surface area contributed by atoms with Crippen molar-refractivity contribution in [2.75, 3.05) is 5.32 Å². The summed E-state index contributed by atoms with van der Waals surface area (Å²) in [6, 6.07) is 4.78. The largest absolute Gasteiger partial charge is 0.366 e. The van der Waals surface area contributed by atoms with E-state index in [4.69, 9.17) is 4.98 Å². The molecule has 2 aliphatic carbocycles. The molecule has 3 nitrogen and oxygen atoms in total. The molecule has 1 N–H and O–H groups in total. The minimum absolute atomic E-state index is 0.299. The summed E-state index contributed by atoms with van der Waals surface area (Å²) in [7, 11) is 0. The molecule has 0 saturated heterocycles. The molecule has 0 radical (unpaired) electrons. The summed E-state index contributed by atoms with van der Waals surface area (Å²) < 4.78 is 0. The molecular formula is C16H21N3. The zero-order valence-corrected chi connectivity index (χ0v) is 11.8. The number of hydrogen-bond donors (Lipinski definition) is 1. The molecule has 3 heteroatoms. The van der Waals surface area contributed by atoms with E-state index in [0.717, 1.165) is 18.7 Å². The Labute approximate surface area is 115 Å². The summed E-state index contributed by atoms with van der Waals surface area (Å²) in [5.74, 6) is 0.808. The predicted molar refractivity (Wildman–Crippen MR) is 76.0 cm³/mol. The Bertz CT molecular complexity index is 540. The van der Waals surface area contributed by atoms with Gasteiger partial charge in [-0.15, -0.1) is 0 Å². The first-order valence-electron chi connectivity index (χ1n) is 7.29. The van der Waals surface area contributed by atoms with Gasteiger partial charge in [-0.2, -0.15) is 5.26 Å². The molecule has 19 heavy (non-hydrogen) atoms. The number of nitriles is 1. The van der Waals surface area contributed by atoms with Crippen molar-refractivity contribution in [1.82, 2.24) is 4.98 Å². The van der Waals surface area contributed by atoms with Gasteiger partial charge in [0.05, 0.1) is 5.56 Å². The number of nitrogens with zero attached hydrogens (tertiary/aromatic N) is 2. The highest BCUT2D eigenvalue weighted by Gasteiger charge is 2.35. The monoisotopic (exact) mass is 255 g/mol. The van der Waals surface area contributed by atoms with Crippen molar-refractivity contribution >= 4 is 5.82 Å². The minimum Gasteiger partial charge on any atom is -0.366 e. The van der Waals surface area contributed by atoms with Crippen LogP contribution in [0, 0.1) is 16.7 Å². The van der Waals surface area contributed by atoms with Crippen molar-refractivity contribution in [2.45, 2.75) is 58.4 Å². The number of hydrogen-bond acceptors (Lipinski definition) is 3. The van der Waals surface area contributed by atoms with Crippen LogP contribution in [0.1, 0.15) is 56.4 Å². The number of nitrogens with one attached hydrogen (secondary N) is 1. The van der Waals surface area contributed by atoms with Gasteiger partial charge in [0.1, 0.15) is 11.9 Å². The van der Waals surface area contributed by atoms with Crippen molar-refractivity contribution < 1.29 is 0 Å². The Morgan fingerprint density at radius 3 is 2.89 bits per heavy atom. The van der Waals surface area contributed by atoms with E-state index in [1.807, 2.05) is 6.07 Å². The lowest BCUT2D eigenvalue weighted by Gasteiger charge is -2.28. The molecule has 1 aromatic heterocycles. The maximum Gasteiger partial charge on any atom is 0.144 e. The molecule has 0 spiro atoms. The van der Waals surface area contributed by atoms with Crippen LogP contribution in [0.5, 0.6) is 0 Å². The van der Waals surface area contributed by atoms with E-state index in [2.05, 4.69) is 25.2 Å². The molecule has 0 aliphatic heterocycles. The molecule has 100 valence electrons. The van der Waals surface area contributed by atoms with Crippen LogP contribution in [-0.2, 0) is 12.8 Å². The standard InChI is InChI=1S/C16H21N3/c1-16(2)8-4-7-14(16)19-15-12(10-17)9-11-5-3-6-13(11)18-15/h9,14H,3-8H2,1-2H3,(H,18,19). The molecule has 3 rings (SSSR count). The van der Waals surface area contributed by atoms with E-state index in [9.17, 15) is 5.26 Å². The maximum atomic E-state index is 9.32. The number of pyridine rings is 1. The lowest BCUT2D eigenvalue weighted by atomic mass is 9.87. The highest BCUT2D eigenvalue weighted by molar-refractivity contribution is 5.55. The molecule has 1 heterocycles. The van der Waals surface area contributed by atoms with E-state index in [1.165, 1.54) is 36.9 Å². The van der Waals surface area contributed by atoms with Crippen LogP contribution in [0.4, 0.5) is 5.82 Å². The molecule has 2 aliphatic rings. The molecule has 1 atom stereocenters. The Kier molecular flexibility index (Phi) is 2.97. The topological polar surface area (TPSA) is 48.7 Å². The van der Waals surface area contributed by atoms with Crippen LogP contribution in [0.15, 0.2) is 6.07 Å². The molecular weight excluding hydrogens is 234 g/mol. The zero-order valence-electron chi connectivity index (χ0n) is 11.8. The summed E-state index contributed by atoms with van der Waals surface area (Å²) in [6.45, 7) is 4.61. The van der Waals surface area contributed by atoms with Crippen molar-refractivity contribution in [3.8, 4) is 6.07 Å². The van der Waals surface area contributed by atoms with Crippen molar-refractivity contribution in [3.05, 3.63) is 22.9 Å².